The number of carbonyl (C=O) groups excluding carboxylic acids is 2. The van der Waals surface area contributed by atoms with Gasteiger partial charge in [-0.25, -0.2) is 9.48 Å². The summed E-state index contributed by atoms with van der Waals surface area (Å²) in [6, 6.07) is 19.2. The normalized spacial score (nSPS) is 14.6. The van der Waals surface area contributed by atoms with Crippen LogP contribution in [0.25, 0.3) is 5.69 Å². The zero-order valence-corrected chi connectivity index (χ0v) is 17.2. The molecule has 1 aromatic heterocycles. The fourth-order valence-electron chi connectivity index (χ4n) is 3.81. The number of amides is 1. The summed E-state index contributed by atoms with van der Waals surface area (Å²) in [5, 5.41) is 7.43. The van der Waals surface area contributed by atoms with Crippen molar-refractivity contribution in [3.8, 4) is 5.69 Å². The molecule has 154 valence electrons. The minimum atomic E-state index is -0.914. The van der Waals surface area contributed by atoms with E-state index in [1.54, 1.807) is 6.92 Å². The third-order valence-electron chi connectivity index (χ3n) is 5.44. The molecule has 0 saturated carbocycles. The smallest absolute Gasteiger partial charge is 0.359 e. The van der Waals surface area contributed by atoms with Gasteiger partial charge in [-0.05, 0) is 50.8 Å². The lowest BCUT2D eigenvalue weighted by Crippen LogP contribution is -2.37. The van der Waals surface area contributed by atoms with E-state index in [-0.39, 0.29) is 11.9 Å². The number of hydrogen-bond acceptors (Lipinski definition) is 4. The number of nitrogens with one attached hydrogen (secondary N) is 1. The van der Waals surface area contributed by atoms with E-state index in [1.807, 2.05) is 72.3 Å². The average molecular weight is 403 g/mol. The third-order valence-corrected chi connectivity index (χ3v) is 5.44. The second-order valence-corrected chi connectivity index (χ2v) is 7.56. The van der Waals surface area contributed by atoms with Crippen LogP contribution in [0.5, 0.6) is 0 Å². The first kappa shape index (κ1) is 19.9. The van der Waals surface area contributed by atoms with Crippen molar-refractivity contribution in [1.29, 1.82) is 0 Å². The zero-order valence-electron chi connectivity index (χ0n) is 17.2. The van der Waals surface area contributed by atoms with Crippen LogP contribution in [0.3, 0.4) is 0 Å². The first-order valence-corrected chi connectivity index (χ1v) is 10.3. The molecule has 3 aromatic rings. The van der Waals surface area contributed by atoms with Crippen LogP contribution in [-0.4, -0.2) is 27.8 Å². The van der Waals surface area contributed by atoms with E-state index in [2.05, 4.69) is 10.4 Å². The van der Waals surface area contributed by atoms with Gasteiger partial charge in [0.15, 0.2) is 11.8 Å². The van der Waals surface area contributed by atoms with Gasteiger partial charge in [0.05, 0.1) is 11.7 Å². The molecule has 1 heterocycles. The molecule has 4 rings (SSSR count). The number of fused-ring (bicyclic) bond motifs is 1. The summed E-state index contributed by atoms with van der Waals surface area (Å²) >= 11 is 0. The summed E-state index contributed by atoms with van der Waals surface area (Å²) in [5.74, 6) is -0.892. The summed E-state index contributed by atoms with van der Waals surface area (Å²) in [6.45, 7) is 3.48. The quantitative estimate of drug-likeness (QED) is 0.636. The summed E-state index contributed by atoms with van der Waals surface area (Å²) in [4.78, 5) is 25.4. The number of hydrogen-bond donors (Lipinski definition) is 1. The molecule has 2 aromatic carbocycles. The Morgan fingerprint density at radius 3 is 2.37 bits per heavy atom. The van der Waals surface area contributed by atoms with Crippen LogP contribution in [0.2, 0.25) is 0 Å². The lowest BCUT2D eigenvalue weighted by molar-refractivity contribution is -0.129. The second kappa shape index (κ2) is 8.53. The van der Waals surface area contributed by atoms with E-state index in [0.29, 0.717) is 5.69 Å². The number of benzene rings is 2. The molecule has 1 amide bonds. The Kier molecular flexibility index (Phi) is 5.65. The maximum atomic E-state index is 12.8. The molecule has 1 aliphatic rings. The minimum Gasteiger partial charge on any atom is -0.448 e. The van der Waals surface area contributed by atoms with Gasteiger partial charge in [-0.15, -0.1) is 0 Å². The summed E-state index contributed by atoms with van der Waals surface area (Å²) in [5.41, 5.74) is 4.18. The van der Waals surface area contributed by atoms with Crippen molar-refractivity contribution in [3.05, 3.63) is 83.2 Å². The molecule has 2 atom stereocenters. The van der Waals surface area contributed by atoms with Crippen LogP contribution < -0.4 is 5.32 Å². The fourth-order valence-corrected chi connectivity index (χ4v) is 3.81. The van der Waals surface area contributed by atoms with Gasteiger partial charge in [0.25, 0.3) is 5.91 Å². The standard InChI is InChI=1S/C24H25N3O3/c1-16(18-10-5-3-6-11-18)25-23(28)17(2)30-24(29)22-20-14-9-15-21(20)27(26-22)19-12-7-4-8-13-19/h3-8,10-13,16-17H,9,14-15H2,1-2H3,(H,25,28). The van der Waals surface area contributed by atoms with Gasteiger partial charge in [0, 0.05) is 11.3 Å². The Bertz CT molecular complexity index is 1040. The van der Waals surface area contributed by atoms with Crippen LogP contribution in [0.4, 0.5) is 0 Å². The van der Waals surface area contributed by atoms with Crippen molar-refractivity contribution < 1.29 is 14.3 Å². The highest BCUT2D eigenvalue weighted by molar-refractivity contribution is 5.92. The maximum Gasteiger partial charge on any atom is 0.359 e. The summed E-state index contributed by atoms with van der Waals surface area (Å²) in [6.07, 6.45) is 1.72. The Balaban J connectivity index is 1.47. The number of nitrogens with zero attached hydrogens (tertiary/aromatic N) is 2. The first-order valence-electron chi connectivity index (χ1n) is 10.3. The number of carbonyl (C=O) groups is 2. The van der Waals surface area contributed by atoms with Crippen LogP contribution >= 0.6 is 0 Å². The zero-order chi connectivity index (χ0) is 21.1. The van der Waals surface area contributed by atoms with Gasteiger partial charge in [-0.3, -0.25) is 4.79 Å². The molecule has 0 saturated heterocycles. The highest BCUT2D eigenvalue weighted by atomic mass is 16.5. The van der Waals surface area contributed by atoms with Crippen molar-refractivity contribution in [1.82, 2.24) is 15.1 Å². The average Bonchev–Trinajstić information content (AvgIpc) is 3.37. The van der Waals surface area contributed by atoms with Gasteiger partial charge in [0.1, 0.15) is 0 Å². The number of ether oxygens (including phenoxy) is 1. The first-order chi connectivity index (χ1) is 14.5. The van der Waals surface area contributed by atoms with Gasteiger partial charge in [-0.2, -0.15) is 5.10 Å². The lowest BCUT2D eigenvalue weighted by Gasteiger charge is -2.18. The van der Waals surface area contributed by atoms with Gasteiger partial charge in [-0.1, -0.05) is 48.5 Å². The monoisotopic (exact) mass is 403 g/mol. The predicted octanol–water partition coefficient (Wildman–Crippen LogP) is 3.78. The van der Waals surface area contributed by atoms with Crippen molar-refractivity contribution in [3.63, 3.8) is 0 Å². The molecule has 0 bridgehead atoms. The van der Waals surface area contributed by atoms with E-state index in [1.165, 1.54) is 0 Å². The van der Waals surface area contributed by atoms with Crippen molar-refractivity contribution in [2.45, 2.75) is 45.3 Å². The molecule has 0 radical (unpaired) electrons. The molecule has 2 unspecified atom stereocenters. The number of rotatable bonds is 6. The highest BCUT2D eigenvalue weighted by Gasteiger charge is 2.30. The largest absolute Gasteiger partial charge is 0.448 e. The summed E-state index contributed by atoms with van der Waals surface area (Å²) < 4.78 is 7.30. The van der Waals surface area contributed by atoms with Crippen LogP contribution in [-0.2, 0) is 22.4 Å². The molecule has 0 fully saturated rings. The molecular formula is C24H25N3O3. The molecule has 0 aliphatic heterocycles. The number of esters is 1. The molecule has 1 aliphatic carbocycles. The van der Waals surface area contributed by atoms with Gasteiger partial charge < -0.3 is 10.1 Å². The molecule has 30 heavy (non-hydrogen) atoms. The Hall–Kier alpha value is -3.41. The Morgan fingerprint density at radius 2 is 1.67 bits per heavy atom. The van der Waals surface area contributed by atoms with E-state index in [9.17, 15) is 9.59 Å². The highest BCUT2D eigenvalue weighted by Crippen LogP contribution is 2.28. The predicted molar refractivity (Wildman–Crippen MR) is 113 cm³/mol. The second-order valence-electron chi connectivity index (χ2n) is 7.56. The van der Waals surface area contributed by atoms with Crippen LogP contribution in [0.15, 0.2) is 60.7 Å². The third kappa shape index (κ3) is 3.99. The minimum absolute atomic E-state index is 0.179. The Morgan fingerprint density at radius 1 is 1.00 bits per heavy atom. The Labute approximate surface area is 175 Å². The summed E-state index contributed by atoms with van der Waals surface area (Å²) in [7, 11) is 0. The number of aromatic nitrogens is 2. The number of para-hydroxylation sites is 1. The van der Waals surface area contributed by atoms with E-state index < -0.39 is 12.1 Å². The molecule has 6 nitrogen and oxygen atoms in total. The topological polar surface area (TPSA) is 73.2 Å². The van der Waals surface area contributed by atoms with Crippen molar-refractivity contribution in [2.24, 2.45) is 0 Å². The molecule has 0 spiro atoms. The molecular weight excluding hydrogens is 378 g/mol. The van der Waals surface area contributed by atoms with Crippen molar-refractivity contribution >= 4 is 11.9 Å². The molecule has 6 heteroatoms. The van der Waals surface area contributed by atoms with Gasteiger partial charge >= 0.3 is 5.97 Å². The lowest BCUT2D eigenvalue weighted by atomic mass is 10.1. The van der Waals surface area contributed by atoms with E-state index >= 15 is 0 Å². The SMILES string of the molecule is CC(OC(=O)c1nn(-c2ccccc2)c2c1CCC2)C(=O)NC(C)c1ccccc1. The fraction of sp³-hybridized carbons (Fsp3) is 0.292. The maximum absolute atomic E-state index is 12.8. The molecule has 1 N–H and O–H groups in total. The van der Waals surface area contributed by atoms with E-state index in [0.717, 1.165) is 41.8 Å². The van der Waals surface area contributed by atoms with E-state index in [4.69, 9.17) is 4.74 Å². The van der Waals surface area contributed by atoms with Crippen LogP contribution in [0.1, 0.15) is 53.6 Å². The van der Waals surface area contributed by atoms with Crippen LogP contribution in [0, 0.1) is 0 Å². The van der Waals surface area contributed by atoms with Gasteiger partial charge in [0.2, 0.25) is 0 Å². The van der Waals surface area contributed by atoms with Crippen molar-refractivity contribution in [2.75, 3.05) is 0 Å².